The Morgan fingerprint density at radius 3 is 1.73 bits per heavy atom. The third kappa shape index (κ3) is 14.6. The SMILES string of the molecule is C=C(C)C(=O)CO[Si](CCCC)(OC)OC.CO[Si](CCCCC=C(C)C(=O)O)(OC)OC. The highest BCUT2D eigenvalue weighted by Gasteiger charge is 2.39. The normalized spacial score (nSPS) is 12.2. The molecular formula is C22H44O9Si2. The van der Waals surface area contributed by atoms with Gasteiger partial charge in [-0.05, 0) is 45.1 Å². The molecule has 0 fully saturated rings. The van der Waals surface area contributed by atoms with Crippen molar-refractivity contribution in [1.29, 1.82) is 0 Å². The number of Topliss-reactive ketones (excluding diaryl/α,β-unsaturated/α-hetero) is 1. The summed E-state index contributed by atoms with van der Waals surface area (Å²) in [6, 6.07) is 1.48. The van der Waals surface area contributed by atoms with Gasteiger partial charge >= 0.3 is 23.6 Å². The number of hydrogen-bond donors (Lipinski definition) is 1. The minimum Gasteiger partial charge on any atom is -0.478 e. The van der Waals surface area contributed by atoms with Gasteiger partial charge < -0.3 is 31.7 Å². The van der Waals surface area contributed by atoms with E-state index < -0.39 is 23.6 Å². The third-order valence-corrected chi connectivity index (χ3v) is 10.6. The van der Waals surface area contributed by atoms with Crippen molar-refractivity contribution in [2.24, 2.45) is 0 Å². The number of unbranched alkanes of at least 4 members (excludes halogenated alkanes) is 3. The molecule has 0 aromatic carbocycles. The molecule has 0 heterocycles. The van der Waals surface area contributed by atoms with E-state index in [4.69, 9.17) is 31.7 Å². The van der Waals surface area contributed by atoms with Gasteiger partial charge in [-0.15, -0.1) is 0 Å². The highest BCUT2D eigenvalue weighted by molar-refractivity contribution is 6.61. The van der Waals surface area contributed by atoms with Crippen molar-refractivity contribution in [2.45, 2.75) is 65.0 Å². The standard InChI is InChI=1S/C11H22O5Si.C11H22O4Si/c1-10(11(12)13)8-6-5-7-9-17(14-2,15-3)16-4;1-6-7-8-16(13-4,14-5)15-9-11(12)10(2)3/h8H,5-7,9H2,1-4H3,(H,12,13);2,6-9H2,1,3-5H3. The number of carboxylic acids is 1. The molecule has 0 atom stereocenters. The van der Waals surface area contributed by atoms with Crippen LogP contribution in [0.2, 0.25) is 12.1 Å². The van der Waals surface area contributed by atoms with Crippen LogP contribution in [0.25, 0.3) is 0 Å². The van der Waals surface area contributed by atoms with E-state index in [-0.39, 0.29) is 12.4 Å². The Morgan fingerprint density at radius 1 is 0.848 bits per heavy atom. The van der Waals surface area contributed by atoms with Crippen molar-refractivity contribution in [2.75, 3.05) is 42.2 Å². The average molecular weight is 509 g/mol. The van der Waals surface area contributed by atoms with Crippen LogP contribution in [-0.2, 0) is 36.1 Å². The predicted molar refractivity (Wildman–Crippen MR) is 132 cm³/mol. The summed E-state index contributed by atoms with van der Waals surface area (Å²) >= 11 is 0. The van der Waals surface area contributed by atoms with E-state index in [0.717, 1.165) is 44.2 Å². The Kier molecular flexibility index (Phi) is 19.7. The maximum atomic E-state index is 11.4. The molecule has 0 spiro atoms. The fourth-order valence-corrected chi connectivity index (χ4v) is 6.51. The van der Waals surface area contributed by atoms with Crippen molar-refractivity contribution >= 4 is 29.4 Å². The number of allylic oxidation sites excluding steroid dienone is 1. The van der Waals surface area contributed by atoms with Crippen LogP contribution in [0.1, 0.15) is 52.9 Å². The molecule has 0 bridgehead atoms. The second-order valence-corrected chi connectivity index (χ2v) is 13.5. The van der Waals surface area contributed by atoms with E-state index in [0.29, 0.717) is 11.1 Å². The Balaban J connectivity index is 0. The lowest BCUT2D eigenvalue weighted by Crippen LogP contribution is -2.45. The van der Waals surface area contributed by atoms with Gasteiger partial charge in [-0.25, -0.2) is 4.79 Å². The van der Waals surface area contributed by atoms with Crippen molar-refractivity contribution in [3.63, 3.8) is 0 Å². The molecule has 0 aliphatic rings. The first-order valence-corrected chi connectivity index (χ1v) is 14.9. The lowest BCUT2D eigenvalue weighted by Gasteiger charge is -2.25. The molecule has 0 aliphatic carbocycles. The molecule has 0 amide bonds. The van der Waals surface area contributed by atoms with Gasteiger partial charge in [0.05, 0.1) is 0 Å². The summed E-state index contributed by atoms with van der Waals surface area (Å²) in [6.45, 7) is 8.92. The molecule has 33 heavy (non-hydrogen) atoms. The highest BCUT2D eigenvalue weighted by Crippen LogP contribution is 2.18. The molecule has 194 valence electrons. The van der Waals surface area contributed by atoms with Gasteiger partial charge in [-0.3, -0.25) is 4.79 Å². The zero-order chi connectivity index (χ0) is 25.9. The van der Waals surface area contributed by atoms with Crippen molar-refractivity contribution in [3.05, 3.63) is 23.8 Å². The fourth-order valence-electron chi connectivity index (χ4n) is 2.62. The molecular weight excluding hydrogens is 464 g/mol. The van der Waals surface area contributed by atoms with Gasteiger partial charge in [0.1, 0.15) is 6.61 Å². The molecule has 0 saturated heterocycles. The topological polar surface area (TPSA) is 110 Å². The monoisotopic (exact) mass is 508 g/mol. The van der Waals surface area contributed by atoms with Crippen molar-refractivity contribution in [1.82, 2.24) is 0 Å². The van der Waals surface area contributed by atoms with E-state index in [1.165, 1.54) is 0 Å². The summed E-state index contributed by atoms with van der Waals surface area (Å²) < 4.78 is 32.1. The van der Waals surface area contributed by atoms with E-state index in [1.54, 1.807) is 55.5 Å². The molecule has 0 rings (SSSR count). The van der Waals surface area contributed by atoms with E-state index in [9.17, 15) is 9.59 Å². The Labute approximate surface area is 201 Å². The van der Waals surface area contributed by atoms with Crippen LogP contribution in [0.4, 0.5) is 0 Å². The van der Waals surface area contributed by atoms with Gasteiger partial charge in [0.15, 0.2) is 5.78 Å². The van der Waals surface area contributed by atoms with Crippen LogP contribution in [-0.4, -0.2) is 76.6 Å². The average Bonchev–Trinajstić information content (AvgIpc) is 2.82. The summed E-state index contributed by atoms with van der Waals surface area (Å²) in [5.74, 6) is -0.970. The largest absolute Gasteiger partial charge is 0.500 e. The summed E-state index contributed by atoms with van der Waals surface area (Å²) in [5.41, 5.74) is 0.879. The van der Waals surface area contributed by atoms with Crippen LogP contribution in [0.5, 0.6) is 0 Å². The third-order valence-electron chi connectivity index (χ3n) is 5.02. The van der Waals surface area contributed by atoms with E-state index >= 15 is 0 Å². The summed E-state index contributed by atoms with van der Waals surface area (Å²) in [6.07, 6.45) is 6.28. The van der Waals surface area contributed by atoms with Gasteiger partial charge in [-0.2, -0.15) is 0 Å². The van der Waals surface area contributed by atoms with Crippen LogP contribution in [0.3, 0.4) is 0 Å². The summed E-state index contributed by atoms with van der Waals surface area (Å²) in [4.78, 5) is 21.9. The number of ketones is 1. The number of rotatable bonds is 18. The zero-order valence-electron chi connectivity index (χ0n) is 21.7. The Bertz CT molecular complexity index is 592. The zero-order valence-corrected chi connectivity index (χ0v) is 23.7. The van der Waals surface area contributed by atoms with Gasteiger partial charge in [0, 0.05) is 53.2 Å². The van der Waals surface area contributed by atoms with Crippen LogP contribution in [0, 0.1) is 0 Å². The first-order valence-electron chi connectivity index (χ1n) is 11.0. The van der Waals surface area contributed by atoms with E-state index in [2.05, 4.69) is 13.5 Å². The minimum atomic E-state index is -2.64. The van der Waals surface area contributed by atoms with E-state index in [1.807, 2.05) is 0 Å². The Morgan fingerprint density at radius 2 is 1.33 bits per heavy atom. The van der Waals surface area contributed by atoms with Crippen molar-refractivity contribution < 1.29 is 41.3 Å². The molecule has 0 radical (unpaired) electrons. The Hall–Kier alpha value is -1.19. The van der Waals surface area contributed by atoms with Gasteiger partial charge in [-0.1, -0.05) is 26.0 Å². The molecule has 0 unspecified atom stereocenters. The lowest BCUT2D eigenvalue weighted by molar-refractivity contribution is -0.132. The number of hydrogen-bond acceptors (Lipinski definition) is 8. The number of carboxylic acid groups (broad SMARTS) is 1. The summed E-state index contributed by atoms with van der Waals surface area (Å²) in [5, 5.41) is 8.66. The second-order valence-electron chi connectivity index (χ2n) is 7.42. The number of carbonyl (C=O) groups excluding carboxylic acids is 1. The molecule has 1 N–H and O–H groups in total. The first kappa shape index (κ1) is 34.0. The molecule has 0 saturated carbocycles. The molecule has 0 aromatic heterocycles. The quantitative estimate of drug-likeness (QED) is 0.165. The molecule has 0 aromatic rings. The maximum absolute atomic E-state index is 11.4. The van der Waals surface area contributed by atoms with Gasteiger partial charge in [0.2, 0.25) is 0 Å². The predicted octanol–water partition coefficient (Wildman–Crippen LogP) is 4.25. The molecule has 11 heteroatoms. The number of aliphatic carboxylic acids is 1. The van der Waals surface area contributed by atoms with Crippen molar-refractivity contribution in [3.8, 4) is 0 Å². The van der Waals surface area contributed by atoms with Crippen LogP contribution < -0.4 is 0 Å². The fraction of sp³-hybridized carbons (Fsp3) is 0.727. The second kappa shape index (κ2) is 19.2. The smallest absolute Gasteiger partial charge is 0.478 e. The first-order chi connectivity index (χ1) is 15.5. The molecule has 9 nitrogen and oxygen atoms in total. The minimum absolute atomic E-state index is 0.00699. The van der Waals surface area contributed by atoms with Crippen LogP contribution in [0.15, 0.2) is 23.8 Å². The van der Waals surface area contributed by atoms with Crippen LogP contribution >= 0.6 is 0 Å². The van der Waals surface area contributed by atoms with Gasteiger partial charge in [0.25, 0.3) is 0 Å². The molecule has 0 aliphatic heterocycles. The highest BCUT2D eigenvalue weighted by atomic mass is 28.4. The maximum Gasteiger partial charge on any atom is 0.500 e. The lowest BCUT2D eigenvalue weighted by atomic mass is 10.2. The number of carbonyl (C=O) groups is 2. The summed E-state index contributed by atoms with van der Waals surface area (Å²) in [7, 11) is 2.82.